The molecule has 0 unspecified atom stereocenters. The standard InChI is InChI=1S/C13H16N2O2/c16-10-7-5-9(6-8-10)14-13-15-11-3-1-2-4-12(11)17-13/h1-4,9-10,16H,5-8H2,(H,14,15). The van der Waals surface area contributed by atoms with Gasteiger partial charge in [-0.15, -0.1) is 0 Å². The first-order valence-corrected chi connectivity index (χ1v) is 6.11. The summed E-state index contributed by atoms with van der Waals surface area (Å²) < 4.78 is 5.61. The Kier molecular flexibility index (Phi) is 2.73. The summed E-state index contributed by atoms with van der Waals surface area (Å²) in [5.74, 6) is 0. The predicted octanol–water partition coefficient (Wildman–Crippen LogP) is 2.54. The Morgan fingerprint density at radius 1 is 1.18 bits per heavy atom. The van der Waals surface area contributed by atoms with Crippen LogP contribution in [0.25, 0.3) is 11.1 Å². The number of aliphatic hydroxyl groups excluding tert-OH is 1. The van der Waals surface area contributed by atoms with Crippen molar-refractivity contribution in [3.8, 4) is 0 Å². The van der Waals surface area contributed by atoms with Crippen molar-refractivity contribution in [1.82, 2.24) is 4.98 Å². The minimum Gasteiger partial charge on any atom is -0.424 e. The van der Waals surface area contributed by atoms with E-state index in [0.29, 0.717) is 12.1 Å². The number of hydrogen-bond donors (Lipinski definition) is 2. The molecule has 0 bridgehead atoms. The zero-order valence-electron chi connectivity index (χ0n) is 9.60. The first-order valence-electron chi connectivity index (χ1n) is 6.11. The van der Waals surface area contributed by atoms with Gasteiger partial charge >= 0.3 is 0 Å². The van der Waals surface area contributed by atoms with Gasteiger partial charge in [0.1, 0.15) is 5.52 Å². The van der Waals surface area contributed by atoms with Crippen molar-refractivity contribution in [2.45, 2.75) is 37.8 Å². The molecule has 1 saturated carbocycles. The molecule has 4 nitrogen and oxygen atoms in total. The molecule has 1 heterocycles. The van der Waals surface area contributed by atoms with E-state index in [-0.39, 0.29) is 6.10 Å². The Labute approximate surface area is 99.7 Å². The van der Waals surface area contributed by atoms with Gasteiger partial charge in [-0.2, -0.15) is 4.98 Å². The van der Waals surface area contributed by atoms with Crippen LogP contribution in [0.5, 0.6) is 0 Å². The maximum atomic E-state index is 9.44. The molecule has 90 valence electrons. The lowest BCUT2D eigenvalue weighted by Crippen LogP contribution is -2.28. The minimum absolute atomic E-state index is 0.128. The van der Waals surface area contributed by atoms with Crippen LogP contribution in [0.4, 0.5) is 6.01 Å². The fourth-order valence-electron chi connectivity index (χ4n) is 2.33. The Bertz CT molecular complexity index is 468. The molecule has 0 atom stereocenters. The lowest BCUT2D eigenvalue weighted by atomic mass is 9.93. The first kappa shape index (κ1) is 10.6. The van der Waals surface area contributed by atoms with Crippen LogP contribution < -0.4 is 5.32 Å². The summed E-state index contributed by atoms with van der Waals surface area (Å²) in [5, 5.41) is 12.7. The predicted molar refractivity (Wildman–Crippen MR) is 65.9 cm³/mol. The molecular weight excluding hydrogens is 216 g/mol. The van der Waals surface area contributed by atoms with Crippen molar-refractivity contribution in [1.29, 1.82) is 0 Å². The molecule has 0 radical (unpaired) electrons. The van der Waals surface area contributed by atoms with E-state index in [2.05, 4.69) is 10.3 Å². The van der Waals surface area contributed by atoms with Gasteiger partial charge in [-0.05, 0) is 37.8 Å². The van der Waals surface area contributed by atoms with Gasteiger partial charge < -0.3 is 14.8 Å². The molecule has 1 fully saturated rings. The summed E-state index contributed by atoms with van der Waals surface area (Å²) in [5.41, 5.74) is 1.69. The van der Waals surface area contributed by atoms with Gasteiger partial charge in [-0.1, -0.05) is 12.1 Å². The highest BCUT2D eigenvalue weighted by atomic mass is 16.4. The second kappa shape index (κ2) is 4.37. The molecule has 0 spiro atoms. The summed E-state index contributed by atoms with van der Waals surface area (Å²) >= 11 is 0. The Hall–Kier alpha value is -1.55. The van der Waals surface area contributed by atoms with E-state index in [1.807, 2.05) is 24.3 Å². The number of fused-ring (bicyclic) bond motifs is 1. The zero-order chi connectivity index (χ0) is 11.7. The normalized spacial score (nSPS) is 25.0. The third-order valence-corrected chi connectivity index (χ3v) is 3.32. The van der Waals surface area contributed by atoms with Gasteiger partial charge in [0.25, 0.3) is 6.01 Å². The smallest absolute Gasteiger partial charge is 0.295 e. The van der Waals surface area contributed by atoms with Gasteiger partial charge in [-0.3, -0.25) is 0 Å². The van der Waals surface area contributed by atoms with Crippen molar-refractivity contribution in [2.24, 2.45) is 0 Å². The zero-order valence-corrected chi connectivity index (χ0v) is 9.60. The largest absolute Gasteiger partial charge is 0.424 e. The summed E-state index contributed by atoms with van der Waals surface area (Å²) in [7, 11) is 0. The molecule has 1 aliphatic carbocycles. The Morgan fingerprint density at radius 2 is 1.94 bits per heavy atom. The number of rotatable bonds is 2. The molecule has 17 heavy (non-hydrogen) atoms. The average Bonchev–Trinajstić information content (AvgIpc) is 2.74. The van der Waals surface area contributed by atoms with Gasteiger partial charge in [-0.25, -0.2) is 0 Å². The topological polar surface area (TPSA) is 58.3 Å². The molecule has 0 amide bonds. The van der Waals surface area contributed by atoms with Crippen LogP contribution >= 0.6 is 0 Å². The molecule has 2 aromatic rings. The fraction of sp³-hybridized carbons (Fsp3) is 0.462. The molecule has 1 aromatic carbocycles. The molecule has 3 rings (SSSR count). The third-order valence-electron chi connectivity index (χ3n) is 3.32. The molecule has 4 heteroatoms. The van der Waals surface area contributed by atoms with Crippen molar-refractivity contribution >= 4 is 17.1 Å². The van der Waals surface area contributed by atoms with Gasteiger partial charge in [0.15, 0.2) is 5.58 Å². The van der Waals surface area contributed by atoms with E-state index < -0.39 is 0 Å². The average molecular weight is 232 g/mol. The number of oxazole rings is 1. The van der Waals surface area contributed by atoms with Crippen LogP contribution in [0.1, 0.15) is 25.7 Å². The molecule has 1 aromatic heterocycles. The van der Waals surface area contributed by atoms with Crippen molar-refractivity contribution in [3.63, 3.8) is 0 Å². The van der Waals surface area contributed by atoms with E-state index in [1.54, 1.807) is 0 Å². The molecule has 2 N–H and O–H groups in total. The van der Waals surface area contributed by atoms with Crippen molar-refractivity contribution < 1.29 is 9.52 Å². The summed E-state index contributed by atoms with van der Waals surface area (Å²) in [6.07, 6.45) is 3.53. The second-order valence-corrected chi connectivity index (χ2v) is 4.64. The third kappa shape index (κ3) is 2.26. The molecule has 1 aliphatic rings. The summed E-state index contributed by atoms with van der Waals surface area (Å²) in [6.45, 7) is 0. The van der Waals surface area contributed by atoms with Gasteiger partial charge in [0.2, 0.25) is 0 Å². The van der Waals surface area contributed by atoms with Gasteiger partial charge in [0.05, 0.1) is 6.10 Å². The highest BCUT2D eigenvalue weighted by molar-refractivity contribution is 5.74. The number of hydrogen-bond acceptors (Lipinski definition) is 4. The van der Waals surface area contributed by atoms with Crippen molar-refractivity contribution in [3.05, 3.63) is 24.3 Å². The highest BCUT2D eigenvalue weighted by Crippen LogP contribution is 2.24. The Balaban J connectivity index is 1.72. The number of anilines is 1. The summed E-state index contributed by atoms with van der Waals surface area (Å²) in [4.78, 5) is 4.39. The lowest BCUT2D eigenvalue weighted by molar-refractivity contribution is 0.125. The summed E-state index contributed by atoms with van der Waals surface area (Å²) in [6, 6.07) is 8.70. The SMILES string of the molecule is OC1CCC(Nc2nc3ccccc3o2)CC1. The van der Waals surface area contributed by atoms with Crippen LogP contribution in [0, 0.1) is 0 Å². The number of benzene rings is 1. The monoisotopic (exact) mass is 232 g/mol. The van der Waals surface area contributed by atoms with Crippen LogP contribution in [0.2, 0.25) is 0 Å². The highest BCUT2D eigenvalue weighted by Gasteiger charge is 2.20. The quantitative estimate of drug-likeness (QED) is 0.835. The lowest BCUT2D eigenvalue weighted by Gasteiger charge is -2.25. The van der Waals surface area contributed by atoms with Crippen LogP contribution in [-0.4, -0.2) is 22.2 Å². The van der Waals surface area contributed by atoms with Gasteiger partial charge in [0, 0.05) is 6.04 Å². The first-order chi connectivity index (χ1) is 8.31. The number of aromatic nitrogens is 1. The van der Waals surface area contributed by atoms with Crippen LogP contribution in [0.3, 0.4) is 0 Å². The number of para-hydroxylation sites is 2. The van der Waals surface area contributed by atoms with E-state index in [4.69, 9.17) is 4.42 Å². The van der Waals surface area contributed by atoms with Crippen molar-refractivity contribution in [2.75, 3.05) is 5.32 Å². The number of nitrogens with one attached hydrogen (secondary N) is 1. The second-order valence-electron chi connectivity index (χ2n) is 4.64. The minimum atomic E-state index is -0.128. The maximum absolute atomic E-state index is 9.44. The maximum Gasteiger partial charge on any atom is 0.295 e. The Morgan fingerprint density at radius 3 is 2.71 bits per heavy atom. The van der Waals surface area contributed by atoms with E-state index in [0.717, 1.165) is 36.8 Å². The van der Waals surface area contributed by atoms with Crippen LogP contribution in [0.15, 0.2) is 28.7 Å². The number of aliphatic hydroxyl groups is 1. The molecule has 0 aliphatic heterocycles. The fourth-order valence-corrected chi connectivity index (χ4v) is 2.33. The van der Waals surface area contributed by atoms with E-state index in [9.17, 15) is 5.11 Å². The number of nitrogens with zero attached hydrogens (tertiary/aromatic N) is 1. The molecular formula is C13H16N2O2. The van der Waals surface area contributed by atoms with E-state index in [1.165, 1.54) is 0 Å². The molecule has 0 saturated heterocycles. The van der Waals surface area contributed by atoms with E-state index >= 15 is 0 Å². The van der Waals surface area contributed by atoms with Crippen LogP contribution in [-0.2, 0) is 0 Å².